The van der Waals surface area contributed by atoms with Crippen molar-refractivity contribution >= 4 is 26.8 Å². The number of nitrogens with zero attached hydrogens (tertiary/aromatic N) is 4. The number of ether oxygens (including phenoxy) is 1. The number of hydrogen-bond donors (Lipinski definition) is 1. The molecule has 0 aliphatic carbocycles. The number of rotatable bonds is 5. The molecule has 2 saturated heterocycles. The fraction of sp³-hybridized carbons (Fsp3) is 0.625. The molecule has 2 fully saturated rings. The molecule has 4 rings (SSSR count). The summed E-state index contributed by atoms with van der Waals surface area (Å²) in [5.41, 5.74) is 0.462. The molecule has 1 amide bonds. The van der Waals surface area contributed by atoms with E-state index in [1.165, 1.54) is 17.0 Å². The maximum Gasteiger partial charge on any atom is 0.348 e. The Labute approximate surface area is 155 Å². The van der Waals surface area contributed by atoms with Gasteiger partial charge in [-0.15, -0.1) is 0 Å². The molecule has 4 heterocycles. The number of carbonyl (C=O) groups is 1. The van der Waals surface area contributed by atoms with Gasteiger partial charge in [-0.3, -0.25) is 14.0 Å². The van der Waals surface area contributed by atoms with E-state index >= 15 is 0 Å². The van der Waals surface area contributed by atoms with Gasteiger partial charge in [0, 0.05) is 13.2 Å². The molecule has 0 aromatic carbocycles. The molecule has 0 bridgehead atoms. The van der Waals surface area contributed by atoms with Crippen molar-refractivity contribution in [3.05, 3.63) is 22.9 Å². The van der Waals surface area contributed by atoms with E-state index < -0.39 is 15.5 Å². The summed E-state index contributed by atoms with van der Waals surface area (Å²) < 4.78 is 31.8. The lowest BCUT2D eigenvalue weighted by Gasteiger charge is -2.12. The molecule has 146 valence electrons. The highest BCUT2D eigenvalue weighted by molar-refractivity contribution is 7.91. The van der Waals surface area contributed by atoms with Crippen LogP contribution in [0.3, 0.4) is 0 Å². The minimum atomic E-state index is -3.07. The molecule has 2 aromatic rings. The van der Waals surface area contributed by atoms with Crippen LogP contribution in [0, 0.1) is 0 Å². The van der Waals surface area contributed by atoms with Gasteiger partial charge in [0.2, 0.25) is 5.91 Å². The summed E-state index contributed by atoms with van der Waals surface area (Å²) in [7, 11) is -3.07. The monoisotopic (exact) mass is 395 g/mol. The lowest BCUT2D eigenvalue weighted by Crippen LogP contribution is -2.37. The fourth-order valence-electron chi connectivity index (χ4n) is 3.63. The van der Waals surface area contributed by atoms with Crippen molar-refractivity contribution < 1.29 is 17.9 Å². The van der Waals surface area contributed by atoms with Crippen LogP contribution in [0.1, 0.15) is 25.3 Å². The van der Waals surface area contributed by atoms with Crippen molar-refractivity contribution in [1.29, 1.82) is 0 Å². The van der Waals surface area contributed by atoms with E-state index in [1.54, 1.807) is 4.68 Å². The van der Waals surface area contributed by atoms with Crippen LogP contribution in [-0.2, 0) is 25.9 Å². The Morgan fingerprint density at radius 3 is 2.85 bits per heavy atom. The average Bonchev–Trinajstić information content (AvgIpc) is 3.35. The minimum Gasteiger partial charge on any atom is -0.376 e. The first kappa shape index (κ1) is 18.1. The van der Waals surface area contributed by atoms with E-state index in [2.05, 4.69) is 15.4 Å². The molecule has 11 heteroatoms. The van der Waals surface area contributed by atoms with Gasteiger partial charge in [-0.1, -0.05) is 0 Å². The van der Waals surface area contributed by atoms with Crippen molar-refractivity contribution in [2.75, 3.05) is 24.7 Å². The molecule has 2 atom stereocenters. The number of carbonyl (C=O) groups excluding carboxylic acids is 1. The molecule has 2 unspecified atom stereocenters. The maximum atomic E-state index is 12.3. The first-order valence-corrected chi connectivity index (χ1v) is 10.8. The van der Waals surface area contributed by atoms with Crippen LogP contribution in [-0.4, -0.2) is 64.4 Å². The largest absolute Gasteiger partial charge is 0.376 e. The van der Waals surface area contributed by atoms with Gasteiger partial charge in [-0.2, -0.15) is 10.1 Å². The van der Waals surface area contributed by atoms with Gasteiger partial charge in [-0.25, -0.2) is 13.2 Å². The SMILES string of the molecule is O=C(Cn1c(=O)ncc2c1cnn2C1CCS(=O)(=O)C1)NCC1CCCO1. The summed E-state index contributed by atoms with van der Waals surface area (Å²) in [5.74, 6) is -0.166. The van der Waals surface area contributed by atoms with E-state index in [-0.39, 0.29) is 36.1 Å². The van der Waals surface area contributed by atoms with Gasteiger partial charge in [-0.05, 0) is 19.3 Å². The summed E-state index contributed by atoms with van der Waals surface area (Å²) in [6, 6.07) is -0.284. The number of amides is 1. The normalized spacial score (nSPS) is 24.4. The van der Waals surface area contributed by atoms with Crippen molar-refractivity contribution in [3.8, 4) is 0 Å². The van der Waals surface area contributed by atoms with Crippen LogP contribution in [0.5, 0.6) is 0 Å². The molecule has 2 aromatic heterocycles. The molecular formula is C16H21N5O5S. The zero-order chi connectivity index (χ0) is 19.0. The third kappa shape index (κ3) is 3.74. The van der Waals surface area contributed by atoms with E-state index in [4.69, 9.17) is 4.74 Å². The number of hydrogen-bond acceptors (Lipinski definition) is 7. The highest BCUT2D eigenvalue weighted by Gasteiger charge is 2.31. The highest BCUT2D eigenvalue weighted by Crippen LogP contribution is 2.26. The Balaban J connectivity index is 1.55. The van der Waals surface area contributed by atoms with Gasteiger partial charge in [0.25, 0.3) is 0 Å². The van der Waals surface area contributed by atoms with E-state index in [0.29, 0.717) is 30.6 Å². The van der Waals surface area contributed by atoms with Crippen LogP contribution in [0.15, 0.2) is 17.2 Å². The van der Waals surface area contributed by atoms with Gasteiger partial charge < -0.3 is 10.1 Å². The van der Waals surface area contributed by atoms with Gasteiger partial charge >= 0.3 is 5.69 Å². The molecule has 10 nitrogen and oxygen atoms in total. The second kappa shape index (κ2) is 7.04. The first-order valence-electron chi connectivity index (χ1n) is 8.95. The molecule has 2 aliphatic heterocycles. The smallest absolute Gasteiger partial charge is 0.348 e. The molecular weight excluding hydrogens is 374 g/mol. The summed E-state index contributed by atoms with van der Waals surface area (Å²) in [4.78, 5) is 28.3. The number of aromatic nitrogens is 4. The molecule has 1 N–H and O–H groups in total. The van der Waals surface area contributed by atoms with Crippen molar-refractivity contribution in [2.24, 2.45) is 0 Å². The number of nitrogens with one attached hydrogen (secondary N) is 1. The highest BCUT2D eigenvalue weighted by atomic mass is 32.2. The van der Waals surface area contributed by atoms with Gasteiger partial charge in [0.15, 0.2) is 9.84 Å². The second-order valence-electron chi connectivity index (χ2n) is 6.98. The maximum absolute atomic E-state index is 12.3. The van der Waals surface area contributed by atoms with Gasteiger partial charge in [0.05, 0.1) is 41.6 Å². The first-order chi connectivity index (χ1) is 12.9. The zero-order valence-corrected chi connectivity index (χ0v) is 15.5. The predicted octanol–water partition coefficient (Wildman–Crippen LogP) is -0.752. The lowest BCUT2D eigenvalue weighted by molar-refractivity contribution is -0.122. The molecule has 2 aliphatic rings. The molecule has 0 spiro atoms. The van der Waals surface area contributed by atoms with E-state index in [1.807, 2.05) is 0 Å². The fourth-order valence-corrected chi connectivity index (χ4v) is 5.32. The van der Waals surface area contributed by atoms with Gasteiger partial charge in [0.1, 0.15) is 12.1 Å². The van der Waals surface area contributed by atoms with Crippen molar-refractivity contribution in [3.63, 3.8) is 0 Å². The zero-order valence-electron chi connectivity index (χ0n) is 14.7. The Kier molecular flexibility index (Phi) is 4.72. The molecule has 0 radical (unpaired) electrons. The van der Waals surface area contributed by atoms with E-state index in [9.17, 15) is 18.0 Å². The van der Waals surface area contributed by atoms with Crippen LogP contribution >= 0.6 is 0 Å². The Hall–Kier alpha value is -2.27. The average molecular weight is 395 g/mol. The molecule has 0 saturated carbocycles. The van der Waals surface area contributed by atoms with Crippen molar-refractivity contribution in [1.82, 2.24) is 24.6 Å². The Morgan fingerprint density at radius 1 is 1.30 bits per heavy atom. The lowest BCUT2D eigenvalue weighted by atomic mass is 10.2. The van der Waals surface area contributed by atoms with Crippen LogP contribution in [0.2, 0.25) is 0 Å². The quantitative estimate of drug-likeness (QED) is 0.706. The predicted molar refractivity (Wildman–Crippen MR) is 96.1 cm³/mol. The Bertz CT molecular complexity index is 1020. The van der Waals surface area contributed by atoms with Crippen LogP contribution < -0.4 is 11.0 Å². The second-order valence-corrected chi connectivity index (χ2v) is 9.21. The third-order valence-electron chi connectivity index (χ3n) is 5.04. The summed E-state index contributed by atoms with van der Waals surface area (Å²) in [6.07, 6.45) is 5.26. The van der Waals surface area contributed by atoms with Crippen LogP contribution in [0.4, 0.5) is 0 Å². The van der Waals surface area contributed by atoms with Crippen molar-refractivity contribution in [2.45, 2.75) is 38.0 Å². The standard InChI is InChI=1S/C16H21N5O5S/c22-15(17-6-12-2-1-4-26-12)9-20-13-8-19-21(14(13)7-18-16(20)23)11-3-5-27(24,25)10-11/h7-8,11-12H,1-6,9-10H2,(H,17,22). The summed E-state index contributed by atoms with van der Waals surface area (Å²) in [5, 5.41) is 7.04. The summed E-state index contributed by atoms with van der Waals surface area (Å²) >= 11 is 0. The van der Waals surface area contributed by atoms with Crippen LogP contribution in [0.25, 0.3) is 11.0 Å². The third-order valence-corrected chi connectivity index (χ3v) is 6.79. The minimum absolute atomic E-state index is 0.0186. The van der Waals surface area contributed by atoms with E-state index in [0.717, 1.165) is 12.8 Å². The topological polar surface area (TPSA) is 125 Å². The molecule has 27 heavy (non-hydrogen) atoms. The number of sulfone groups is 1. The number of fused-ring (bicyclic) bond motifs is 1. The Morgan fingerprint density at radius 2 is 2.15 bits per heavy atom. The summed E-state index contributed by atoms with van der Waals surface area (Å²) in [6.45, 7) is 0.944.